The van der Waals surface area contributed by atoms with E-state index < -0.39 is 0 Å². The highest BCUT2D eigenvalue weighted by atomic mass is 14.0. The van der Waals surface area contributed by atoms with Gasteiger partial charge in [-0.15, -0.1) is 0 Å². The van der Waals surface area contributed by atoms with Gasteiger partial charge in [-0.1, -0.05) is 31.2 Å². The zero-order chi connectivity index (χ0) is 8.53. The van der Waals surface area contributed by atoms with Crippen molar-refractivity contribution in [2.24, 2.45) is 5.92 Å². The van der Waals surface area contributed by atoms with Crippen LogP contribution in [0.5, 0.6) is 0 Å². The molecule has 0 nitrogen and oxygen atoms in total. The molecule has 0 heterocycles. The van der Waals surface area contributed by atoms with E-state index in [1.165, 1.54) is 12.8 Å². The van der Waals surface area contributed by atoms with Crippen molar-refractivity contribution in [1.82, 2.24) is 0 Å². The molecule has 0 aliphatic carbocycles. The molecule has 0 aromatic rings. The average molecular weight is 151 g/mol. The lowest BCUT2D eigenvalue weighted by molar-refractivity contribution is 0.649. The van der Waals surface area contributed by atoms with E-state index in [9.17, 15) is 0 Å². The zero-order valence-corrected chi connectivity index (χ0v) is 7.88. The average Bonchev–Trinajstić information content (AvgIpc) is 2.01. The number of allylic oxidation sites excluding steroid dienone is 4. The third-order valence-corrected chi connectivity index (χ3v) is 1.68. The smallest absolute Gasteiger partial charge is 0.0196 e. The lowest BCUT2D eigenvalue weighted by Crippen LogP contribution is -1.93. The minimum absolute atomic E-state index is 0.709. The summed E-state index contributed by atoms with van der Waals surface area (Å²) >= 11 is 0. The highest BCUT2D eigenvalue weighted by Gasteiger charge is 1.98. The summed E-state index contributed by atoms with van der Waals surface area (Å²) in [5.74, 6) is 0.709. The minimum Gasteiger partial charge on any atom is -0.0916 e. The highest BCUT2D eigenvalue weighted by molar-refractivity contribution is 4.93. The van der Waals surface area contributed by atoms with Crippen molar-refractivity contribution in [3.05, 3.63) is 30.7 Å². The molecule has 0 spiro atoms. The van der Waals surface area contributed by atoms with Gasteiger partial charge in [0, 0.05) is 0 Å². The first-order valence-electron chi connectivity index (χ1n) is 4.37. The zero-order valence-electron chi connectivity index (χ0n) is 7.88. The van der Waals surface area contributed by atoms with Crippen molar-refractivity contribution in [2.75, 3.05) is 0 Å². The molecule has 63 valence electrons. The maximum atomic E-state index is 2.28. The molecule has 0 heteroatoms. The lowest BCUT2D eigenvalue weighted by atomic mass is 9.99. The molecule has 0 amide bonds. The Morgan fingerprint density at radius 1 is 1.00 bits per heavy atom. The lowest BCUT2D eigenvalue weighted by Gasteiger charge is -2.06. The third kappa shape index (κ3) is 5.90. The summed E-state index contributed by atoms with van der Waals surface area (Å²) in [5.41, 5.74) is 0. The highest BCUT2D eigenvalue weighted by Crippen LogP contribution is 2.12. The van der Waals surface area contributed by atoms with Crippen molar-refractivity contribution in [3.8, 4) is 0 Å². The molecule has 0 N–H and O–H groups in total. The van der Waals surface area contributed by atoms with Gasteiger partial charge in [-0.05, 0) is 39.0 Å². The summed E-state index contributed by atoms with van der Waals surface area (Å²) in [7, 11) is 0. The van der Waals surface area contributed by atoms with E-state index in [1.807, 2.05) is 0 Å². The van der Waals surface area contributed by atoms with Gasteiger partial charge in [0.2, 0.25) is 0 Å². The first-order valence-corrected chi connectivity index (χ1v) is 4.37. The van der Waals surface area contributed by atoms with Gasteiger partial charge in [-0.2, -0.15) is 0 Å². The van der Waals surface area contributed by atoms with E-state index in [1.54, 1.807) is 0 Å². The molecule has 1 atom stereocenters. The van der Waals surface area contributed by atoms with E-state index in [4.69, 9.17) is 0 Å². The Balaban J connectivity index is 3.68. The molecular weight excluding hydrogens is 132 g/mol. The number of rotatable bonds is 5. The molecule has 0 aromatic carbocycles. The Bertz CT molecular complexity index is 120. The van der Waals surface area contributed by atoms with E-state index in [0.29, 0.717) is 5.92 Å². The third-order valence-electron chi connectivity index (χ3n) is 1.68. The Hall–Kier alpha value is -0.520. The van der Waals surface area contributed by atoms with Crippen molar-refractivity contribution >= 4 is 0 Å². The topological polar surface area (TPSA) is 0 Å². The van der Waals surface area contributed by atoms with E-state index in [0.717, 1.165) is 0 Å². The summed E-state index contributed by atoms with van der Waals surface area (Å²) in [4.78, 5) is 0. The largest absolute Gasteiger partial charge is 0.0916 e. The molecule has 1 radical (unpaired) electrons. The van der Waals surface area contributed by atoms with Crippen molar-refractivity contribution in [3.63, 3.8) is 0 Å². The van der Waals surface area contributed by atoms with Crippen LogP contribution in [0.3, 0.4) is 0 Å². The molecule has 0 aliphatic heterocycles. The minimum atomic E-state index is 0.709. The molecule has 0 bridgehead atoms. The van der Waals surface area contributed by atoms with Crippen LogP contribution >= 0.6 is 0 Å². The van der Waals surface area contributed by atoms with Crippen LogP contribution < -0.4 is 0 Å². The fourth-order valence-corrected chi connectivity index (χ4v) is 1.14. The molecule has 1 unspecified atom stereocenters. The Morgan fingerprint density at radius 2 is 1.73 bits per heavy atom. The maximum Gasteiger partial charge on any atom is -0.0196 e. The van der Waals surface area contributed by atoms with Gasteiger partial charge in [0.15, 0.2) is 0 Å². The van der Waals surface area contributed by atoms with Crippen molar-refractivity contribution in [2.45, 2.75) is 33.6 Å². The molecule has 11 heavy (non-hydrogen) atoms. The van der Waals surface area contributed by atoms with Crippen LogP contribution in [-0.2, 0) is 0 Å². The van der Waals surface area contributed by atoms with Crippen LogP contribution in [0.4, 0.5) is 0 Å². The summed E-state index contributed by atoms with van der Waals surface area (Å²) in [5, 5.41) is 0. The van der Waals surface area contributed by atoms with Gasteiger partial charge in [0.05, 0.1) is 0 Å². The van der Waals surface area contributed by atoms with Crippen LogP contribution in [0.1, 0.15) is 33.6 Å². The van der Waals surface area contributed by atoms with E-state index in [-0.39, 0.29) is 0 Å². The van der Waals surface area contributed by atoms with E-state index >= 15 is 0 Å². The van der Waals surface area contributed by atoms with Gasteiger partial charge in [-0.3, -0.25) is 0 Å². The van der Waals surface area contributed by atoms with Crippen LogP contribution in [-0.4, -0.2) is 0 Å². The second-order valence-electron chi connectivity index (χ2n) is 2.73. The summed E-state index contributed by atoms with van der Waals surface area (Å²) < 4.78 is 0. The number of hydrogen-bond donors (Lipinski definition) is 0. The van der Waals surface area contributed by atoms with Gasteiger partial charge in [-0.25, -0.2) is 0 Å². The molecule has 0 saturated heterocycles. The Labute approximate surface area is 71.0 Å². The molecule has 0 rings (SSSR count). The number of hydrogen-bond acceptors (Lipinski definition) is 0. The summed E-state index contributed by atoms with van der Waals surface area (Å²) in [6.07, 6.45) is 13.4. The van der Waals surface area contributed by atoms with Crippen molar-refractivity contribution in [1.29, 1.82) is 0 Å². The molecule has 0 fully saturated rings. The molecule has 0 aliphatic rings. The Kier molecular flexibility index (Phi) is 7.23. The Morgan fingerprint density at radius 3 is 2.18 bits per heavy atom. The van der Waals surface area contributed by atoms with E-state index in [2.05, 4.69) is 51.5 Å². The predicted octanol–water partition coefficient (Wildman–Crippen LogP) is 3.76. The SMILES string of the molecule is C[CH]CC(C=CC)CC=CC. The van der Waals surface area contributed by atoms with Gasteiger partial charge < -0.3 is 0 Å². The molecular formula is C11H19. The molecule has 0 saturated carbocycles. The summed E-state index contributed by atoms with van der Waals surface area (Å²) in [6, 6.07) is 0. The second-order valence-corrected chi connectivity index (χ2v) is 2.73. The summed E-state index contributed by atoms with van der Waals surface area (Å²) in [6.45, 7) is 6.27. The first kappa shape index (κ1) is 10.5. The van der Waals surface area contributed by atoms with Crippen LogP contribution in [0.2, 0.25) is 0 Å². The van der Waals surface area contributed by atoms with Gasteiger partial charge >= 0.3 is 0 Å². The second kappa shape index (κ2) is 7.59. The fourth-order valence-electron chi connectivity index (χ4n) is 1.14. The monoisotopic (exact) mass is 151 g/mol. The fraction of sp³-hybridized carbons (Fsp3) is 0.545. The maximum absolute atomic E-state index is 2.28. The van der Waals surface area contributed by atoms with Crippen molar-refractivity contribution < 1.29 is 0 Å². The van der Waals surface area contributed by atoms with Crippen LogP contribution in [0.15, 0.2) is 24.3 Å². The molecule has 0 aromatic heterocycles. The quantitative estimate of drug-likeness (QED) is 0.525. The van der Waals surface area contributed by atoms with Crippen LogP contribution in [0, 0.1) is 12.3 Å². The van der Waals surface area contributed by atoms with Gasteiger partial charge in [0.1, 0.15) is 0 Å². The normalized spacial score (nSPS) is 14.8. The predicted molar refractivity (Wildman–Crippen MR) is 52.3 cm³/mol. The first-order chi connectivity index (χ1) is 5.35. The standard InChI is InChI=1S/C11H19/c1-4-7-10-11(8-5-2)9-6-3/h4-8,11H,9-10H2,1-3H3. The van der Waals surface area contributed by atoms with Gasteiger partial charge in [0.25, 0.3) is 0 Å². The van der Waals surface area contributed by atoms with Crippen LogP contribution in [0.25, 0.3) is 0 Å².